The molecular weight excluding hydrogens is 266 g/mol. The molecule has 0 bridgehead atoms. The minimum Gasteiger partial charge on any atom is -0.380 e. The van der Waals surface area contributed by atoms with E-state index in [1.54, 1.807) is 12.4 Å². The summed E-state index contributed by atoms with van der Waals surface area (Å²) in [5.74, 6) is 6.22. The predicted molar refractivity (Wildman–Crippen MR) is 80.5 cm³/mol. The standard InChI is InChI=1S/C14H15N7/c1-9-17-6-10(7-18-9)8-21-12-5-3-2-4-11(12)13(20-21)14(15)19-16/h2-7H,8,16H2,1H3,(H2,15,19). The molecule has 3 aromatic rings. The lowest BCUT2D eigenvalue weighted by atomic mass is 10.2. The number of hydrogen-bond donors (Lipinski definition) is 2. The number of nitrogens with zero attached hydrogens (tertiary/aromatic N) is 5. The molecule has 2 heterocycles. The minimum atomic E-state index is 0.213. The molecule has 2 aromatic heterocycles. The summed E-state index contributed by atoms with van der Waals surface area (Å²) in [7, 11) is 0. The number of benzene rings is 1. The van der Waals surface area contributed by atoms with Gasteiger partial charge >= 0.3 is 0 Å². The third kappa shape index (κ3) is 2.40. The van der Waals surface area contributed by atoms with Crippen LogP contribution >= 0.6 is 0 Å². The summed E-state index contributed by atoms with van der Waals surface area (Å²) in [5, 5.41) is 8.95. The number of amidine groups is 1. The van der Waals surface area contributed by atoms with Crippen molar-refractivity contribution >= 4 is 16.7 Å². The van der Waals surface area contributed by atoms with Gasteiger partial charge < -0.3 is 11.6 Å². The molecule has 1 aromatic carbocycles. The van der Waals surface area contributed by atoms with Crippen molar-refractivity contribution < 1.29 is 0 Å². The van der Waals surface area contributed by atoms with Crippen molar-refractivity contribution in [2.24, 2.45) is 16.7 Å². The van der Waals surface area contributed by atoms with Gasteiger partial charge in [-0.2, -0.15) is 10.2 Å². The molecular formula is C14H15N7. The summed E-state index contributed by atoms with van der Waals surface area (Å²) in [6, 6.07) is 7.80. The summed E-state index contributed by atoms with van der Waals surface area (Å²) in [5.41, 5.74) is 8.32. The number of para-hydroxylation sites is 1. The van der Waals surface area contributed by atoms with Gasteiger partial charge in [0.15, 0.2) is 5.84 Å². The minimum absolute atomic E-state index is 0.213. The van der Waals surface area contributed by atoms with Crippen LogP contribution in [0.15, 0.2) is 41.8 Å². The zero-order valence-electron chi connectivity index (χ0n) is 11.6. The van der Waals surface area contributed by atoms with Crippen LogP contribution in [-0.4, -0.2) is 25.6 Å². The van der Waals surface area contributed by atoms with Gasteiger partial charge in [-0.1, -0.05) is 18.2 Å². The fourth-order valence-corrected chi connectivity index (χ4v) is 2.17. The van der Waals surface area contributed by atoms with Crippen LogP contribution in [-0.2, 0) is 6.54 Å². The molecule has 106 valence electrons. The molecule has 0 unspecified atom stereocenters. The highest BCUT2D eigenvalue weighted by atomic mass is 15.3. The van der Waals surface area contributed by atoms with Gasteiger partial charge in [0.2, 0.25) is 0 Å². The molecule has 3 rings (SSSR count). The van der Waals surface area contributed by atoms with E-state index in [0.29, 0.717) is 12.2 Å². The fourth-order valence-electron chi connectivity index (χ4n) is 2.17. The molecule has 0 spiro atoms. The van der Waals surface area contributed by atoms with E-state index >= 15 is 0 Å². The topological polar surface area (TPSA) is 108 Å². The number of hydrazone groups is 1. The SMILES string of the molecule is Cc1ncc(Cn2nc(/C(N)=N/N)c3ccccc32)cn1. The highest BCUT2D eigenvalue weighted by Crippen LogP contribution is 2.19. The summed E-state index contributed by atoms with van der Waals surface area (Å²) >= 11 is 0. The van der Waals surface area contributed by atoms with Crippen LogP contribution in [0.25, 0.3) is 10.9 Å². The van der Waals surface area contributed by atoms with Gasteiger partial charge in [0.05, 0.1) is 12.1 Å². The largest absolute Gasteiger partial charge is 0.380 e. The Balaban J connectivity index is 2.08. The Morgan fingerprint density at radius 1 is 1.24 bits per heavy atom. The van der Waals surface area contributed by atoms with Crippen LogP contribution in [0.4, 0.5) is 0 Å². The third-order valence-electron chi connectivity index (χ3n) is 3.21. The lowest BCUT2D eigenvalue weighted by molar-refractivity contribution is 0.702. The molecule has 0 aliphatic heterocycles. The van der Waals surface area contributed by atoms with Gasteiger partial charge in [-0.15, -0.1) is 0 Å². The van der Waals surface area contributed by atoms with Crippen LogP contribution < -0.4 is 11.6 Å². The Morgan fingerprint density at radius 3 is 2.67 bits per heavy atom. The van der Waals surface area contributed by atoms with Crippen molar-refractivity contribution in [1.82, 2.24) is 19.7 Å². The molecule has 7 nitrogen and oxygen atoms in total. The number of aromatic nitrogens is 4. The van der Waals surface area contributed by atoms with E-state index in [4.69, 9.17) is 11.6 Å². The van der Waals surface area contributed by atoms with Crippen LogP contribution in [0, 0.1) is 6.92 Å². The second-order valence-corrected chi connectivity index (χ2v) is 4.68. The van der Waals surface area contributed by atoms with Crippen molar-refractivity contribution in [3.63, 3.8) is 0 Å². The molecule has 0 amide bonds. The molecule has 0 saturated heterocycles. The molecule has 7 heteroatoms. The lowest BCUT2D eigenvalue weighted by Gasteiger charge is -2.03. The fraction of sp³-hybridized carbons (Fsp3) is 0.143. The average Bonchev–Trinajstić information content (AvgIpc) is 2.88. The van der Waals surface area contributed by atoms with Crippen LogP contribution in [0.1, 0.15) is 17.1 Å². The van der Waals surface area contributed by atoms with Gasteiger partial charge in [0.25, 0.3) is 0 Å². The Kier molecular flexibility index (Phi) is 3.23. The van der Waals surface area contributed by atoms with E-state index in [1.807, 2.05) is 35.9 Å². The molecule has 21 heavy (non-hydrogen) atoms. The highest BCUT2D eigenvalue weighted by molar-refractivity contribution is 6.06. The van der Waals surface area contributed by atoms with Crippen LogP contribution in [0.2, 0.25) is 0 Å². The maximum atomic E-state index is 5.81. The van der Waals surface area contributed by atoms with E-state index in [1.165, 1.54) is 0 Å². The monoisotopic (exact) mass is 281 g/mol. The average molecular weight is 281 g/mol. The first-order chi connectivity index (χ1) is 10.2. The number of aryl methyl sites for hydroxylation is 1. The second kappa shape index (κ2) is 5.20. The predicted octanol–water partition coefficient (Wildman–Crippen LogP) is 0.762. The maximum Gasteiger partial charge on any atom is 0.171 e. The van der Waals surface area contributed by atoms with Crippen LogP contribution in [0.5, 0.6) is 0 Å². The lowest BCUT2D eigenvalue weighted by Crippen LogP contribution is -2.17. The van der Waals surface area contributed by atoms with Crippen LogP contribution in [0.3, 0.4) is 0 Å². The normalized spacial score (nSPS) is 12.0. The van der Waals surface area contributed by atoms with Crippen molar-refractivity contribution in [3.05, 3.63) is 53.7 Å². The first-order valence-corrected chi connectivity index (χ1v) is 6.46. The summed E-state index contributed by atoms with van der Waals surface area (Å²) < 4.78 is 1.84. The first kappa shape index (κ1) is 13.0. The van der Waals surface area contributed by atoms with E-state index in [-0.39, 0.29) is 5.84 Å². The summed E-state index contributed by atoms with van der Waals surface area (Å²) in [6.45, 7) is 2.41. The van der Waals surface area contributed by atoms with Crippen molar-refractivity contribution in [2.45, 2.75) is 13.5 Å². The molecule has 0 atom stereocenters. The van der Waals surface area contributed by atoms with Gasteiger partial charge in [0, 0.05) is 23.3 Å². The molecule has 0 saturated carbocycles. The summed E-state index contributed by atoms with van der Waals surface area (Å²) in [6.07, 6.45) is 3.58. The Bertz CT molecular complexity index is 802. The van der Waals surface area contributed by atoms with Crippen molar-refractivity contribution in [2.75, 3.05) is 0 Å². The number of fused-ring (bicyclic) bond motifs is 1. The Labute approximate surface area is 121 Å². The highest BCUT2D eigenvalue weighted by Gasteiger charge is 2.13. The second-order valence-electron chi connectivity index (χ2n) is 4.68. The number of rotatable bonds is 3. The van der Waals surface area contributed by atoms with E-state index < -0.39 is 0 Å². The molecule has 4 N–H and O–H groups in total. The van der Waals surface area contributed by atoms with Crippen molar-refractivity contribution in [1.29, 1.82) is 0 Å². The zero-order chi connectivity index (χ0) is 14.8. The molecule has 0 aliphatic rings. The Hall–Kier alpha value is -2.96. The van der Waals surface area contributed by atoms with Crippen molar-refractivity contribution in [3.8, 4) is 0 Å². The van der Waals surface area contributed by atoms with E-state index in [2.05, 4.69) is 20.2 Å². The van der Waals surface area contributed by atoms with Gasteiger partial charge in [-0.25, -0.2) is 9.97 Å². The molecule has 0 fully saturated rings. The smallest absolute Gasteiger partial charge is 0.171 e. The van der Waals surface area contributed by atoms with E-state index in [9.17, 15) is 0 Å². The number of hydrogen-bond acceptors (Lipinski definition) is 5. The Morgan fingerprint density at radius 2 is 1.95 bits per heavy atom. The number of nitrogens with two attached hydrogens (primary N) is 2. The quantitative estimate of drug-likeness (QED) is 0.319. The van der Waals surface area contributed by atoms with Gasteiger partial charge in [-0.05, 0) is 13.0 Å². The maximum absolute atomic E-state index is 5.81. The molecule has 0 radical (unpaired) electrons. The third-order valence-corrected chi connectivity index (χ3v) is 3.21. The van der Waals surface area contributed by atoms with E-state index in [0.717, 1.165) is 22.3 Å². The zero-order valence-corrected chi connectivity index (χ0v) is 11.6. The first-order valence-electron chi connectivity index (χ1n) is 6.46. The molecule has 0 aliphatic carbocycles. The van der Waals surface area contributed by atoms with Gasteiger partial charge in [0.1, 0.15) is 11.5 Å². The summed E-state index contributed by atoms with van der Waals surface area (Å²) in [4.78, 5) is 8.39. The van der Waals surface area contributed by atoms with Gasteiger partial charge in [-0.3, -0.25) is 4.68 Å².